The van der Waals surface area contributed by atoms with Crippen LogP contribution in [0.3, 0.4) is 0 Å². The molecule has 4 heteroatoms. The monoisotopic (exact) mass is 208 g/mol. The van der Waals surface area contributed by atoms with E-state index in [1.807, 2.05) is 0 Å². The van der Waals surface area contributed by atoms with Crippen molar-refractivity contribution in [2.75, 3.05) is 0 Å². The number of carbonyl (C=O) groups is 1. The summed E-state index contributed by atoms with van der Waals surface area (Å²) in [7, 11) is 0. The fourth-order valence-corrected chi connectivity index (χ4v) is 1.36. The molecule has 0 spiro atoms. The molecule has 0 unspecified atom stereocenters. The maximum atomic E-state index is 13.2. The van der Waals surface area contributed by atoms with Crippen molar-refractivity contribution in [1.29, 1.82) is 0 Å². The minimum atomic E-state index is -0.689. The Balaban J connectivity index is 1.93. The fraction of sp³-hybridized carbons (Fsp3) is 0.364. The molecule has 1 saturated carbocycles. The first-order chi connectivity index (χ1) is 7.12. The molecule has 1 aliphatic carbocycles. The molecule has 3 nitrogen and oxygen atoms in total. The van der Waals surface area contributed by atoms with E-state index < -0.39 is 5.54 Å². The van der Waals surface area contributed by atoms with Gasteiger partial charge in [0.1, 0.15) is 5.82 Å². The first-order valence-corrected chi connectivity index (χ1v) is 4.92. The molecule has 1 aliphatic rings. The third kappa shape index (κ3) is 2.15. The summed E-state index contributed by atoms with van der Waals surface area (Å²) in [5.41, 5.74) is 5.48. The maximum absolute atomic E-state index is 13.2. The van der Waals surface area contributed by atoms with E-state index in [0.29, 0.717) is 5.56 Å². The van der Waals surface area contributed by atoms with Gasteiger partial charge in [-0.25, -0.2) is 4.39 Å². The zero-order chi connectivity index (χ0) is 10.9. The van der Waals surface area contributed by atoms with Gasteiger partial charge in [-0.05, 0) is 18.9 Å². The number of carbonyl (C=O) groups excluding carboxylic acids is 1. The Morgan fingerprint density at radius 1 is 1.47 bits per heavy atom. The zero-order valence-electron chi connectivity index (χ0n) is 8.29. The molecule has 3 N–H and O–H groups in total. The van der Waals surface area contributed by atoms with Crippen molar-refractivity contribution in [2.24, 2.45) is 5.73 Å². The number of amides is 1. The summed E-state index contributed by atoms with van der Waals surface area (Å²) in [5.74, 6) is -0.495. The highest BCUT2D eigenvalue weighted by Gasteiger charge is 2.45. The van der Waals surface area contributed by atoms with Gasteiger partial charge in [0, 0.05) is 12.1 Å². The number of rotatable bonds is 3. The van der Waals surface area contributed by atoms with E-state index in [1.165, 1.54) is 6.07 Å². The Labute approximate surface area is 87.5 Å². The lowest BCUT2D eigenvalue weighted by Gasteiger charge is -2.10. The van der Waals surface area contributed by atoms with Crippen LogP contribution in [0.15, 0.2) is 24.3 Å². The summed E-state index contributed by atoms with van der Waals surface area (Å²) < 4.78 is 13.2. The van der Waals surface area contributed by atoms with Gasteiger partial charge in [0.25, 0.3) is 0 Å². The van der Waals surface area contributed by atoms with Gasteiger partial charge in [-0.3, -0.25) is 4.79 Å². The quantitative estimate of drug-likeness (QED) is 0.776. The fourth-order valence-electron chi connectivity index (χ4n) is 1.36. The Bertz CT molecular complexity index is 388. The third-order valence-corrected chi connectivity index (χ3v) is 2.64. The number of nitrogens with one attached hydrogen (secondary N) is 1. The molecule has 2 rings (SSSR count). The maximum Gasteiger partial charge on any atom is 0.240 e. The highest BCUT2D eigenvalue weighted by Crippen LogP contribution is 2.32. The van der Waals surface area contributed by atoms with E-state index in [1.54, 1.807) is 18.2 Å². The Kier molecular flexibility index (Phi) is 2.44. The van der Waals surface area contributed by atoms with Gasteiger partial charge in [-0.2, -0.15) is 0 Å². The summed E-state index contributed by atoms with van der Waals surface area (Å²) in [6.45, 7) is 0.199. The van der Waals surface area contributed by atoms with Crippen molar-refractivity contribution in [3.05, 3.63) is 35.6 Å². The van der Waals surface area contributed by atoms with E-state index in [9.17, 15) is 9.18 Å². The van der Waals surface area contributed by atoms with Gasteiger partial charge in [0.05, 0.1) is 5.54 Å². The molecule has 0 radical (unpaired) electrons. The standard InChI is InChI=1S/C11H13FN2O/c12-9-4-2-1-3-8(9)7-14-10(15)11(13)5-6-11/h1-4H,5-7,13H2,(H,14,15). The van der Waals surface area contributed by atoms with E-state index in [0.717, 1.165) is 12.8 Å². The van der Waals surface area contributed by atoms with E-state index in [2.05, 4.69) is 5.32 Å². The zero-order valence-corrected chi connectivity index (χ0v) is 8.29. The van der Waals surface area contributed by atoms with Crippen LogP contribution < -0.4 is 11.1 Å². The lowest BCUT2D eigenvalue weighted by molar-refractivity contribution is -0.123. The van der Waals surface area contributed by atoms with Crippen molar-refractivity contribution in [1.82, 2.24) is 5.32 Å². The van der Waals surface area contributed by atoms with Gasteiger partial charge >= 0.3 is 0 Å². The number of nitrogens with two attached hydrogens (primary N) is 1. The molecule has 1 aromatic carbocycles. The lowest BCUT2D eigenvalue weighted by Crippen LogP contribution is -2.42. The average molecular weight is 208 g/mol. The molecule has 80 valence electrons. The molecular weight excluding hydrogens is 195 g/mol. The van der Waals surface area contributed by atoms with Gasteiger partial charge in [0.15, 0.2) is 0 Å². The summed E-state index contributed by atoms with van der Waals surface area (Å²) in [6, 6.07) is 6.37. The van der Waals surface area contributed by atoms with Crippen LogP contribution in [0.5, 0.6) is 0 Å². The lowest BCUT2D eigenvalue weighted by atomic mass is 10.2. The van der Waals surface area contributed by atoms with Gasteiger partial charge < -0.3 is 11.1 Å². The predicted molar refractivity (Wildman–Crippen MR) is 54.4 cm³/mol. The number of halogens is 1. The van der Waals surface area contributed by atoms with Gasteiger partial charge in [0.2, 0.25) is 5.91 Å². The summed E-state index contributed by atoms with van der Waals surface area (Å²) >= 11 is 0. The Morgan fingerprint density at radius 3 is 2.73 bits per heavy atom. The molecule has 0 aliphatic heterocycles. The second kappa shape index (κ2) is 3.62. The highest BCUT2D eigenvalue weighted by molar-refractivity contribution is 5.88. The van der Waals surface area contributed by atoms with Crippen LogP contribution in [0.1, 0.15) is 18.4 Å². The van der Waals surface area contributed by atoms with Crippen LogP contribution in [0.25, 0.3) is 0 Å². The van der Waals surface area contributed by atoms with E-state index in [-0.39, 0.29) is 18.3 Å². The second-order valence-electron chi connectivity index (χ2n) is 3.93. The van der Waals surface area contributed by atoms with Crippen molar-refractivity contribution in [2.45, 2.75) is 24.9 Å². The van der Waals surface area contributed by atoms with Crippen LogP contribution in [-0.4, -0.2) is 11.4 Å². The van der Waals surface area contributed by atoms with Crippen LogP contribution in [0.4, 0.5) is 4.39 Å². The van der Waals surface area contributed by atoms with Gasteiger partial charge in [-0.1, -0.05) is 18.2 Å². The van der Waals surface area contributed by atoms with E-state index >= 15 is 0 Å². The Morgan fingerprint density at radius 2 is 2.13 bits per heavy atom. The third-order valence-electron chi connectivity index (χ3n) is 2.64. The van der Waals surface area contributed by atoms with Crippen LogP contribution in [-0.2, 0) is 11.3 Å². The molecule has 1 aromatic rings. The van der Waals surface area contributed by atoms with Crippen LogP contribution in [0, 0.1) is 5.82 Å². The number of hydrogen-bond acceptors (Lipinski definition) is 2. The predicted octanol–water partition coefficient (Wildman–Crippen LogP) is 0.933. The van der Waals surface area contributed by atoms with Crippen molar-refractivity contribution in [3.63, 3.8) is 0 Å². The van der Waals surface area contributed by atoms with Crippen molar-refractivity contribution in [3.8, 4) is 0 Å². The minimum Gasteiger partial charge on any atom is -0.350 e. The first kappa shape index (κ1) is 10.1. The smallest absolute Gasteiger partial charge is 0.240 e. The molecular formula is C11H13FN2O. The normalized spacial score (nSPS) is 17.2. The molecule has 15 heavy (non-hydrogen) atoms. The van der Waals surface area contributed by atoms with Crippen molar-refractivity contribution < 1.29 is 9.18 Å². The van der Waals surface area contributed by atoms with Crippen molar-refractivity contribution >= 4 is 5.91 Å². The molecule has 0 atom stereocenters. The molecule has 0 aromatic heterocycles. The van der Waals surface area contributed by atoms with Gasteiger partial charge in [-0.15, -0.1) is 0 Å². The summed E-state index contributed by atoms with van der Waals surface area (Å²) in [5, 5.41) is 2.64. The minimum absolute atomic E-state index is 0.189. The number of hydrogen-bond donors (Lipinski definition) is 2. The molecule has 1 fully saturated rings. The Hall–Kier alpha value is -1.42. The van der Waals surface area contributed by atoms with E-state index in [4.69, 9.17) is 5.73 Å². The molecule has 0 bridgehead atoms. The number of benzene rings is 1. The molecule has 1 amide bonds. The SMILES string of the molecule is NC1(C(=O)NCc2ccccc2F)CC1. The van der Waals surface area contributed by atoms with Crippen LogP contribution >= 0.6 is 0 Å². The second-order valence-corrected chi connectivity index (χ2v) is 3.93. The molecule has 0 heterocycles. The topological polar surface area (TPSA) is 55.1 Å². The highest BCUT2D eigenvalue weighted by atomic mass is 19.1. The van der Waals surface area contributed by atoms with Crippen LogP contribution in [0.2, 0.25) is 0 Å². The largest absolute Gasteiger partial charge is 0.350 e. The average Bonchev–Trinajstić information content (AvgIpc) is 2.96. The summed E-state index contributed by atoms with van der Waals surface area (Å²) in [4.78, 5) is 11.5. The molecule has 0 saturated heterocycles. The first-order valence-electron chi connectivity index (χ1n) is 4.92. The summed E-state index contributed by atoms with van der Waals surface area (Å²) in [6.07, 6.45) is 1.44.